The molecule has 2 saturated carbocycles. The lowest BCUT2D eigenvalue weighted by molar-refractivity contribution is -0.141. The molecule has 1 aromatic rings. The van der Waals surface area contributed by atoms with Gasteiger partial charge in [-0.3, -0.25) is 10.2 Å². The molecule has 5 fully saturated rings. The SMILES string of the molecule is CC1(OC2CCC3NNC(c4cc(N5CCN(C(=O)C6CCCO6)CC5)ncn4)C3C2)CC1. The first-order chi connectivity index (χ1) is 16.1. The summed E-state index contributed by atoms with van der Waals surface area (Å²) in [6.07, 6.45) is 9.34. The van der Waals surface area contributed by atoms with Crippen LogP contribution in [0.25, 0.3) is 0 Å². The number of aromatic nitrogens is 2. The van der Waals surface area contributed by atoms with Crippen molar-refractivity contribution < 1.29 is 14.3 Å². The molecule has 5 aliphatic rings. The third-order valence-electron chi connectivity index (χ3n) is 8.22. The van der Waals surface area contributed by atoms with Gasteiger partial charge in [-0.1, -0.05) is 0 Å². The number of nitrogens with one attached hydrogen (secondary N) is 2. The predicted molar refractivity (Wildman–Crippen MR) is 122 cm³/mol. The summed E-state index contributed by atoms with van der Waals surface area (Å²) in [5.74, 6) is 1.57. The highest BCUT2D eigenvalue weighted by Gasteiger charge is 2.46. The first kappa shape index (κ1) is 21.7. The highest BCUT2D eigenvalue weighted by Crippen LogP contribution is 2.45. The fraction of sp³-hybridized carbons (Fsp3) is 0.792. The Morgan fingerprint density at radius 3 is 2.76 bits per heavy atom. The van der Waals surface area contributed by atoms with Crippen molar-refractivity contribution in [3.63, 3.8) is 0 Å². The summed E-state index contributed by atoms with van der Waals surface area (Å²) in [4.78, 5) is 26.1. The summed E-state index contributed by atoms with van der Waals surface area (Å²) >= 11 is 0. The Kier molecular flexibility index (Phi) is 5.76. The number of amides is 1. The first-order valence-corrected chi connectivity index (χ1v) is 12.7. The lowest BCUT2D eigenvalue weighted by Crippen LogP contribution is -2.51. The van der Waals surface area contributed by atoms with E-state index in [-0.39, 0.29) is 23.7 Å². The van der Waals surface area contributed by atoms with Crippen LogP contribution in [0.5, 0.6) is 0 Å². The van der Waals surface area contributed by atoms with E-state index in [1.54, 1.807) is 6.33 Å². The molecule has 1 amide bonds. The molecule has 5 atom stereocenters. The number of hydrogen-bond donors (Lipinski definition) is 2. The van der Waals surface area contributed by atoms with Gasteiger partial charge in [0.25, 0.3) is 5.91 Å². The number of fused-ring (bicyclic) bond motifs is 1. The lowest BCUT2D eigenvalue weighted by Gasteiger charge is -2.36. The second-order valence-electron chi connectivity index (χ2n) is 10.7. The normalized spacial score (nSPS) is 35.5. The molecule has 2 aliphatic carbocycles. The zero-order valence-electron chi connectivity index (χ0n) is 19.5. The van der Waals surface area contributed by atoms with Crippen LogP contribution >= 0.6 is 0 Å². The number of hydrogen-bond acceptors (Lipinski definition) is 8. The second kappa shape index (κ2) is 8.76. The fourth-order valence-corrected chi connectivity index (χ4v) is 5.95. The van der Waals surface area contributed by atoms with Gasteiger partial charge >= 0.3 is 0 Å². The molecule has 9 nitrogen and oxygen atoms in total. The molecular weight excluding hydrogens is 420 g/mol. The van der Waals surface area contributed by atoms with Crippen molar-refractivity contribution in [1.29, 1.82) is 0 Å². The van der Waals surface area contributed by atoms with E-state index in [1.807, 2.05) is 4.90 Å². The van der Waals surface area contributed by atoms with Gasteiger partial charge in [-0.15, -0.1) is 0 Å². The van der Waals surface area contributed by atoms with Crippen LogP contribution in [0, 0.1) is 5.92 Å². The maximum atomic E-state index is 12.7. The Balaban J connectivity index is 1.09. The number of rotatable bonds is 5. The summed E-state index contributed by atoms with van der Waals surface area (Å²) in [6, 6.07) is 2.76. The molecule has 1 aromatic heterocycles. The van der Waals surface area contributed by atoms with Crippen LogP contribution in [0.1, 0.15) is 63.6 Å². The molecule has 0 spiro atoms. The molecule has 2 N–H and O–H groups in total. The molecule has 0 aromatic carbocycles. The second-order valence-corrected chi connectivity index (χ2v) is 10.7. The first-order valence-electron chi connectivity index (χ1n) is 12.7. The van der Waals surface area contributed by atoms with Gasteiger partial charge in [-0.05, 0) is 51.9 Å². The van der Waals surface area contributed by atoms with E-state index in [4.69, 9.17) is 9.47 Å². The number of nitrogens with zero attached hydrogens (tertiary/aromatic N) is 4. The Labute approximate surface area is 195 Å². The quantitative estimate of drug-likeness (QED) is 0.690. The van der Waals surface area contributed by atoms with E-state index in [2.05, 4.69) is 38.7 Å². The topological polar surface area (TPSA) is 91.9 Å². The molecular formula is C24H36N6O3. The minimum Gasteiger partial charge on any atom is -0.372 e. The van der Waals surface area contributed by atoms with E-state index < -0.39 is 0 Å². The number of piperazine rings is 1. The van der Waals surface area contributed by atoms with E-state index in [9.17, 15) is 4.79 Å². The summed E-state index contributed by atoms with van der Waals surface area (Å²) in [6.45, 7) is 5.94. The standard InChI is InChI=1S/C24H36N6O3/c1-24(6-7-24)33-16-4-5-18-17(13-16)22(28-27-18)19-14-21(26-15-25-19)29-8-10-30(11-9-29)23(31)20-3-2-12-32-20/h14-18,20,22,27-28H,2-13H2,1H3. The van der Waals surface area contributed by atoms with Gasteiger partial charge in [-0.25, -0.2) is 15.4 Å². The van der Waals surface area contributed by atoms with Crippen molar-refractivity contribution in [1.82, 2.24) is 25.7 Å². The Hall–Kier alpha value is -1.81. The van der Waals surface area contributed by atoms with Gasteiger partial charge in [-0.2, -0.15) is 0 Å². The largest absolute Gasteiger partial charge is 0.372 e. The molecule has 9 heteroatoms. The fourth-order valence-electron chi connectivity index (χ4n) is 5.95. The van der Waals surface area contributed by atoms with Crippen molar-refractivity contribution in [2.24, 2.45) is 5.92 Å². The molecule has 3 aliphatic heterocycles. The van der Waals surface area contributed by atoms with Gasteiger partial charge < -0.3 is 19.3 Å². The minimum atomic E-state index is -0.234. The summed E-state index contributed by atoms with van der Waals surface area (Å²) in [5.41, 5.74) is 8.20. The molecule has 180 valence electrons. The molecule has 3 saturated heterocycles. The number of anilines is 1. The van der Waals surface area contributed by atoms with Crippen LogP contribution in [-0.4, -0.2) is 77.4 Å². The Morgan fingerprint density at radius 2 is 2.00 bits per heavy atom. The van der Waals surface area contributed by atoms with Gasteiger partial charge in [0.2, 0.25) is 0 Å². The third kappa shape index (κ3) is 4.48. The third-order valence-corrected chi connectivity index (χ3v) is 8.22. The van der Waals surface area contributed by atoms with Crippen molar-refractivity contribution in [3.8, 4) is 0 Å². The van der Waals surface area contributed by atoms with Crippen LogP contribution in [0.15, 0.2) is 12.4 Å². The van der Waals surface area contributed by atoms with Gasteiger partial charge in [0, 0.05) is 50.8 Å². The zero-order chi connectivity index (χ0) is 22.4. The smallest absolute Gasteiger partial charge is 0.251 e. The molecule has 5 unspecified atom stereocenters. The van der Waals surface area contributed by atoms with E-state index in [1.165, 1.54) is 12.8 Å². The van der Waals surface area contributed by atoms with Gasteiger partial charge in [0.1, 0.15) is 18.2 Å². The maximum Gasteiger partial charge on any atom is 0.251 e. The number of ether oxygens (including phenoxy) is 2. The molecule has 0 bridgehead atoms. The van der Waals surface area contributed by atoms with Gasteiger partial charge in [0.05, 0.1) is 23.4 Å². The maximum absolute atomic E-state index is 12.7. The van der Waals surface area contributed by atoms with E-state index in [0.29, 0.717) is 37.8 Å². The predicted octanol–water partition coefficient (Wildman–Crippen LogP) is 1.56. The summed E-state index contributed by atoms with van der Waals surface area (Å²) in [7, 11) is 0. The van der Waals surface area contributed by atoms with Crippen LogP contribution < -0.4 is 15.8 Å². The van der Waals surface area contributed by atoms with Crippen molar-refractivity contribution in [3.05, 3.63) is 18.1 Å². The highest BCUT2D eigenvalue weighted by molar-refractivity contribution is 5.81. The highest BCUT2D eigenvalue weighted by atomic mass is 16.5. The van der Waals surface area contributed by atoms with Crippen LogP contribution in [0.2, 0.25) is 0 Å². The van der Waals surface area contributed by atoms with E-state index >= 15 is 0 Å². The van der Waals surface area contributed by atoms with Crippen molar-refractivity contribution in [2.45, 2.75) is 81.8 Å². The Morgan fingerprint density at radius 1 is 1.15 bits per heavy atom. The molecule has 0 radical (unpaired) electrons. The van der Waals surface area contributed by atoms with E-state index in [0.717, 1.165) is 56.7 Å². The monoisotopic (exact) mass is 456 g/mol. The molecule has 4 heterocycles. The Bertz CT molecular complexity index is 866. The average molecular weight is 457 g/mol. The zero-order valence-corrected chi connectivity index (χ0v) is 19.5. The number of carbonyl (C=O) groups excluding carboxylic acids is 1. The molecule has 33 heavy (non-hydrogen) atoms. The summed E-state index contributed by atoms with van der Waals surface area (Å²) in [5, 5.41) is 0. The van der Waals surface area contributed by atoms with Crippen LogP contribution in [0.4, 0.5) is 5.82 Å². The lowest BCUT2D eigenvalue weighted by atomic mass is 9.79. The van der Waals surface area contributed by atoms with Crippen LogP contribution in [-0.2, 0) is 14.3 Å². The minimum absolute atomic E-state index is 0.127. The summed E-state index contributed by atoms with van der Waals surface area (Å²) < 4.78 is 12.0. The van der Waals surface area contributed by atoms with Crippen molar-refractivity contribution in [2.75, 3.05) is 37.7 Å². The average Bonchev–Trinajstić information content (AvgIpc) is 3.23. The van der Waals surface area contributed by atoms with Crippen LogP contribution in [0.3, 0.4) is 0 Å². The van der Waals surface area contributed by atoms with Gasteiger partial charge in [0.15, 0.2) is 0 Å². The van der Waals surface area contributed by atoms with Crippen molar-refractivity contribution >= 4 is 11.7 Å². The number of hydrazine groups is 1. The molecule has 6 rings (SSSR count). The number of carbonyl (C=O) groups is 1.